The van der Waals surface area contributed by atoms with E-state index in [2.05, 4.69) is 10.0 Å². The zero-order valence-corrected chi connectivity index (χ0v) is 16.8. The SMILES string of the molecule is CCNS(=O)(=O)c1cccc(C(=O)O[C@@H](C)C(=O)N[C@H](C)c2ccccc2)c1. The van der Waals surface area contributed by atoms with E-state index in [1.807, 2.05) is 37.3 Å². The largest absolute Gasteiger partial charge is 0.449 e. The molecule has 0 saturated heterocycles. The molecule has 0 aromatic heterocycles. The predicted molar refractivity (Wildman–Crippen MR) is 105 cm³/mol. The third-order valence-electron chi connectivity index (χ3n) is 4.03. The quantitative estimate of drug-likeness (QED) is 0.658. The van der Waals surface area contributed by atoms with E-state index in [-0.39, 0.29) is 23.0 Å². The van der Waals surface area contributed by atoms with E-state index in [1.54, 1.807) is 6.92 Å². The third-order valence-corrected chi connectivity index (χ3v) is 5.57. The lowest BCUT2D eigenvalue weighted by Crippen LogP contribution is -2.37. The molecule has 0 aliphatic carbocycles. The van der Waals surface area contributed by atoms with Crippen LogP contribution in [0.25, 0.3) is 0 Å². The van der Waals surface area contributed by atoms with E-state index >= 15 is 0 Å². The fourth-order valence-corrected chi connectivity index (χ4v) is 3.59. The summed E-state index contributed by atoms with van der Waals surface area (Å²) in [5.74, 6) is -1.22. The van der Waals surface area contributed by atoms with Crippen molar-refractivity contribution < 1.29 is 22.7 Å². The van der Waals surface area contributed by atoms with Crippen LogP contribution < -0.4 is 10.0 Å². The van der Waals surface area contributed by atoms with Gasteiger partial charge in [-0.2, -0.15) is 0 Å². The molecule has 8 heteroatoms. The Balaban J connectivity index is 2.03. The second kappa shape index (κ2) is 9.48. The van der Waals surface area contributed by atoms with Gasteiger partial charge in [0.1, 0.15) is 0 Å². The van der Waals surface area contributed by atoms with Gasteiger partial charge in [0.25, 0.3) is 5.91 Å². The number of carbonyl (C=O) groups is 2. The normalized spacial score (nSPS) is 13.4. The van der Waals surface area contributed by atoms with Crippen molar-refractivity contribution in [2.24, 2.45) is 0 Å². The lowest BCUT2D eigenvalue weighted by atomic mass is 10.1. The maximum absolute atomic E-state index is 12.3. The van der Waals surface area contributed by atoms with Crippen LogP contribution in [0, 0.1) is 0 Å². The first kappa shape index (κ1) is 21.6. The molecular weight excluding hydrogens is 380 g/mol. The van der Waals surface area contributed by atoms with Crippen LogP contribution in [0.15, 0.2) is 59.5 Å². The number of ether oxygens (including phenoxy) is 1. The zero-order valence-electron chi connectivity index (χ0n) is 16.0. The van der Waals surface area contributed by atoms with E-state index < -0.39 is 28.0 Å². The van der Waals surface area contributed by atoms with Gasteiger partial charge in [0.05, 0.1) is 16.5 Å². The van der Waals surface area contributed by atoms with Gasteiger partial charge >= 0.3 is 5.97 Å². The Labute approximate surface area is 165 Å². The number of hydrogen-bond acceptors (Lipinski definition) is 5. The van der Waals surface area contributed by atoms with Gasteiger partial charge in [-0.3, -0.25) is 4.79 Å². The summed E-state index contributed by atoms with van der Waals surface area (Å²) in [4.78, 5) is 24.6. The summed E-state index contributed by atoms with van der Waals surface area (Å²) in [5, 5.41) is 2.78. The van der Waals surface area contributed by atoms with Crippen molar-refractivity contribution in [2.75, 3.05) is 6.54 Å². The Morgan fingerprint density at radius 3 is 2.36 bits per heavy atom. The number of amides is 1. The van der Waals surface area contributed by atoms with Crippen molar-refractivity contribution in [3.63, 3.8) is 0 Å². The van der Waals surface area contributed by atoms with E-state index in [0.717, 1.165) is 5.56 Å². The topological polar surface area (TPSA) is 102 Å². The van der Waals surface area contributed by atoms with Crippen LogP contribution in [0.3, 0.4) is 0 Å². The molecule has 0 aliphatic rings. The fourth-order valence-electron chi connectivity index (χ4n) is 2.50. The van der Waals surface area contributed by atoms with Gasteiger partial charge in [-0.15, -0.1) is 0 Å². The van der Waals surface area contributed by atoms with E-state index in [0.29, 0.717) is 0 Å². The summed E-state index contributed by atoms with van der Waals surface area (Å²) in [6, 6.07) is 14.6. The minimum Gasteiger partial charge on any atom is -0.449 e. The number of nitrogens with one attached hydrogen (secondary N) is 2. The van der Waals surface area contributed by atoms with Gasteiger partial charge in [0.2, 0.25) is 10.0 Å². The minimum atomic E-state index is -3.69. The Bertz CT molecular complexity index is 929. The van der Waals surface area contributed by atoms with E-state index in [1.165, 1.54) is 31.2 Å². The molecule has 0 radical (unpaired) electrons. The smallest absolute Gasteiger partial charge is 0.338 e. The first-order valence-corrected chi connectivity index (χ1v) is 10.4. The van der Waals surface area contributed by atoms with Crippen LogP contribution in [0.5, 0.6) is 0 Å². The molecule has 0 unspecified atom stereocenters. The van der Waals surface area contributed by atoms with Crippen molar-refractivity contribution in [2.45, 2.75) is 37.8 Å². The predicted octanol–water partition coefficient (Wildman–Crippen LogP) is 2.41. The summed E-state index contributed by atoms with van der Waals surface area (Å²) in [7, 11) is -3.69. The number of rotatable bonds is 8. The highest BCUT2D eigenvalue weighted by Gasteiger charge is 2.22. The number of esters is 1. The van der Waals surface area contributed by atoms with Crippen LogP contribution in [0.4, 0.5) is 0 Å². The van der Waals surface area contributed by atoms with Gasteiger partial charge in [0, 0.05) is 6.54 Å². The molecule has 7 nitrogen and oxygen atoms in total. The van der Waals surface area contributed by atoms with Gasteiger partial charge in [-0.1, -0.05) is 43.3 Å². The fraction of sp³-hybridized carbons (Fsp3) is 0.300. The number of benzene rings is 2. The highest BCUT2D eigenvalue weighted by molar-refractivity contribution is 7.89. The molecule has 2 rings (SSSR count). The molecule has 0 bridgehead atoms. The molecule has 0 heterocycles. The van der Waals surface area contributed by atoms with Crippen molar-refractivity contribution in [3.05, 3.63) is 65.7 Å². The highest BCUT2D eigenvalue weighted by Crippen LogP contribution is 2.14. The molecule has 2 N–H and O–H groups in total. The molecule has 28 heavy (non-hydrogen) atoms. The average molecular weight is 404 g/mol. The molecule has 0 fully saturated rings. The van der Waals surface area contributed by atoms with Crippen molar-refractivity contribution in [1.82, 2.24) is 10.0 Å². The van der Waals surface area contributed by atoms with Gasteiger partial charge in [0.15, 0.2) is 6.10 Å². The Morgan fingerprint density at radius 2 is 1.71 bits per heavy atom. The van der Waals surface area contributed by atoms with Crippen LogP contribution >= 0.6 is 0 Å². The molecule has 2 atom stereocenters. The highest BCUT2D eigenvalue weighted by atomic mass is 32.2. The molecule has 2 aromatic carbocycles. The Kier molecular flexibility index (Phi) is 7.31. The molecule has 2 aromatic rings. The lowest BCUT2D eigenvalue weighted by Gasteiger charge is -2.18. The van der Waals surface area contributed by atoms with Gasteiger partial charge in [-0.05, 0) is 37.6 Å². The molecule has 0 aliphatic heterocycles. The Morgan fingerprint density at radius 1 is 1.04 bits per heavy atom. The van der Waals surface area contributed by atoms with Crippen LogP contribution in [-0.4, -0.2) is 32.9 Å². The maximum atomic E-state index is 12.3. The summed E-state index contributed by atoms with van der Waals surface area (Å²) in [6.45, 7) is 5.18. The number of carbonyl (C=O) groups excluding carboxylic acids is 2. The van der Waals surface area contributed by atoms with Crippen molar-refractivity contribution in [1.29, 1.82) is 0 Å². The van der Waals surface area contributed by atoms with E-state index in [9.17, 15) is 18.0 Å². The second-order valence-corrected chi connectivity index (χ2v) is 7.98. The van der Waals surface area contributed by atoms with Crippen LogP contribution in [-0.2, 0) is 19.6 Å². The third kappa shape index (κ3) is 5.64. The average Bonchev–Trinajstić information content (AvgIpc) is 2.68. The lowest BCUT2D eigenvalue weighted by molar-refractivity contribution is -0.129. The minimum absolute atomic E-state index is 0.0430. The molecule has 0 saturated carbocycles. The summed E-state index contributed by atoms with van der Waals surface area (Å²) < 4.78 is 31.7. The van der Waals surface area contributed by atoms with Crippen LogP contribution in [0.2, 0.25) is 0 Å². The summed E-state index contributed by atoms with van der Waals surface area (Å²) >= 11 is 0. The molecule has 0 spiro atoms. The number of hydrogen-bond donors (Lipinski definition) is 2. The first-order valence-electron chi connectivity index (χ1n) is 8.90. The monoisotopic (exact) mass is 404 g/mol. The number of sulfonamides is 1. The molecule has 150 valence electrons. The standard InChI is InChI=1S/C20H24N2O5S/c1-4-21-28(25,26)18-12-8-11-17(13-18)20(24)27-15(3)19(23)22-14(2)16-9-6-5-7-10-16/h5-15,21H,4H2,1-3H3,(H,22,23)/t14-,15+/m1/s1. The Hall–Kier alpha value is -2.71. The zero-order chi connectivity index (χ0) is 20.7. The second-order valence-electron chi connectivity index (χ2n) is 6.22. The summed E-state index contributed by atoms with van der Waals surface area (Å²) in [6.07, 6.45) is -1.03. The van der Waals surface area contributed by atoms with Crippen molar-refractivity contribution in [3.8, 4) is 0 Å². The van der Waals surface area contributed by atoms with Gasteiger partial charge < -0.3 is 10.1 Å². The molecular formula is C20H24N2O5S. The molecule has 1 amide bonds. The van der Waals surface area contributed by atoms with Crippen LogP contribution in [0.1, 0.15) is 42.7 Å². The first-order chi connectivity index (χ1) is 13.2. The van der Waals surface area contributed by atoms with E-state index in [4.69, 9.17) is 4.74 Å². The van der Waals surface area contributed by atoms with Gasteiger partial charge in [-0.25, -0.2) is 17.9 Å². The van der Waals surface area contributed by atoms with Crippen molar-refractivity contribution >= 4 is 21.9 Å². The maximum Gasteiger partial charge on any atom is 0.338 e. The summed E-state index contributed by atoms with van der Waals surface area (Å²) in [5.41, 5.74) is 0.977.